The molecule has 0 aromatic carbocycles. The molecule has 0 saturated heterocycles. The Labute approximate surface area is 304 Å². The summed E-state index contributed by atoms with van der Waals surface area (Å²) in [6.45, 7) is 3.01. The molecule has 1 saturated carbocycles. The van der Waals surface area contributed by atoms with Crippen LogP contribution in [0.5, 0.6) is 0 Å². The average molecular weight is 771 g/mol. The van der Waals surface area contributed by atoms with Gasteiger partial charge in [-0.15, -0.1) is 9.24 Å². The molecule has 17 heteroatoms. The number of rotatable bonds is 31. The summed E-state index contributed by atoms with van der Waals surface area (Å²) >= 11 is 3.27. The summed E-state index contributed by atoms with van der Waals surface area (Å²) < 4.78 is 29.7. The minimum atomic E-state index is -1.08. The second kappa shape index (κ2) is 27.0. The number of Topliss-reactive ketones (excluding diaryl/α,β-unsaturated/α-hetero) is 4. The van der Waals surface area contributed by atoms with Crippen LogP contribution in [0.25, 0.3) is 0 Å². The van der Waals surface area contributed by atoms with Crippen LogP contribution in [0, 0.1) is 11.8 Å². The van der Waals surface area contributed by atoms with Crippen molar-refractivity contribution in [2.45, 2.75) is 75.7 Å². The van der Waals surface area contributed by atoms with Crippen molar-refractivity contribution in [3.05, 3.63) is 0 Å². The smallest absolute Gasteiger partial charge is 0.306 e. The van der Waals surface area contributed by atoms with Crippen LogP contribution >= 0.6 is 41.3 Å². The summed E-state index contributed by atoms with van der Waals surface area (Å²) in [5.41, 5.74) is 1.92. The predicted molar refractivity (Wildman–Crippen MR) is 195 cm³/mol. The molecule has 1 amide bonds. The molecule has 0 aromatic rings. The molecule has 0 aliphatic heterocycles. The van der Waals surface area contributed by atoms with E-state index in [2.05, 4.69) is 20.3 Å². The Morgan fingerprint density at radius 3 is 2.02 bits per heavy atom. The number of carbonyl (C=O) groups is 8. The maximum absolute atomic E-state index is 13.0. The third-order valence-electron chi connectivity index (χ3n) is 7.48. The van der Waals surface area contributed by atoms with Crippen molar-refractivity contribution in [3.63, 3.8) is 0 Å². The van der Waals surface area contributed by atoms with Crippen molar-refractivity contribution in [2.75, 3.05) is 63.3 Å². The van der Waals surface area contributed by atoms with Gasteiger partial charge in [0.05, 0.1) is 45.1 Å². The van der Waals surface area contributed by atoms with Crippen LogP contribution < -0.4 is 11.0 Å². The zero-order valence-electron chi connectivity index (χ0n) is 30.3. The summed E-state index contributed by atoms with van der Waals surface area (Å²) in [4.78, 5) is 96.7. The Bertz CT molecular complexity index is 1190. The van der Waals surface area contributed by atoms with Crippen LogP contribution in [-0.2, 0) is 52.6 Å². The topological polar surface area (TPSA) is 202 Å². The lowest BCUT2D eigenvalue weighted by Crippen LogP contribution is -2.39. The van der Waals surface area contributed by atoms with E-state index in [4.69, 9.17) is 17.0 Å². The van der Waals surface area contributed by atoms with Gasteiger partial charge in [0, 0.05) is 60.9 Å². The van der Waals surface area contributed by atoms with E-state index in [-0.39, 0.29) is 126 Å². The van der Waals surface area contributed by atoms with Crippen molar-refractivity contribution in [3.8, 4) is 0 Å². The van der Waals surface area contributed by atoms with E-state index in [0.717, 1.165) is 12.8 Å². The number of thioether (sulfide) groups is 2. The highest BCUT2D eigenvalue weighted by molar-refractivity contribution is 8.04. The van der Waals surface area contributed by atoms with E-state index < -0.39 is 35.7 Å². The van der Waals surface area contributed by atoms with Crippen molar-refractivity contribution < 1.29 is 55.3 Å². The number of carbonyl (C=O) groups excluding carboxylic acids is 8. The van der Waals surface area contributed by atoms with Gasteiger partial charge in [-0.25, -0.2) is 0 Å². The number of ether oxygens (including phenoxy) is 3. The lowest BCUT2D eigenvalue weighted by Gasteiger charge is -2.37. The zero-order valence-corrected chi connectivity index (χ0v) is 32.1. The molecule has 278 valence electrons. The number of nitrogens with one attached hydrogen (secondary N) is 1. The van der Waals surface area contributed by atoms with Gasteiger partial charge in [0.1, 0.15) is 32.0 Å². The second-order valence-corrected chi connectivity index (χ2v) is 15.5. The average Bonchev–Trinajstić information content (AvgIpc) is 3.08. The van der Waals surface area contributed by atoms with Crippen LogP contribution in [0.4, 0.5) is 0 Å². The first-order valence-electron chi connectivity index (χ1n) is 17.4. The summed E-state index contributed by atoms with van der Waals surface area (Å²) in [5.74, 6) is -2.43. The van der Waals surface area contributed by atoms with Gasteiger partial charge in [-0.05, 0) is 34.8 Å². The Balaban J connectivity index is 2.52. The Morgan fingerprint density at radius 1 is 0.898 bits per heavy atom. The van der Waals surface area contributed by atoms with Crippen LogP contribution in [0.3, 0.4) is 0 Å². The van der Waals surface area contributed by atoms with E-state index in [9.17, 15) is 38.4 Å². The molecular formula is C32H52N2O11P2S2. The quantitative estimate of drug-likeness (QED) is 0.0590. The first-order valence-corrected chi connectivity index (χ1v) is 20.3. The Kier molecular flexibility index (Phi) is 22.9. The molecule has 1 fully saturated rings. The summed E-state index contributed by atoms with van der Waals surface area (Å²) in [5, 5.41) is 3.02. The van der Waals surface area contributed by atoms with E-state index in [1.54, 1.807) is 23.5 Å². The fraction of sp³-hybridized carbons (Fsp3) is 0.750. The second-order valence-electron chi connectivity index (χ2n) is 11.4. The summed E-state index contributed by atoms with van der Waals surface area (Å²) in [6.07, 6.45) is 1.30. The van der Waals surface area contributed by atoms with Gasteiger partial charge in [0.15, 0.2) is 11.3 Å². The van der Waals surface area contributed by atoms with Gasteiger partial charge in [0.2, 0.25) is 5.91 Å². The molecule has 0 aromatic heterocycles. The van der Waals surface area contributed by atoms with Gasteiger partial charge in [-0.2, -0.15) is 23.5 Å². The highest BCUT2D eigenvalue weighted by atomic mass is 32.2. The van der Waals surface area contributed by atoms with Crippen LogP contribution in [0.2, 0.25) is 1.41 Å². The molecule has 3 N–H and O–H groups in total. The number of esters is 2. The summed E-state index contributed by atoms with van der Waals surface area (Å²) in [6, 6.07) is 0. The molecule has 13 nitrogen and oxygen atoms in total. The predicted octanol–water partition coefficient (Wildman–Crippen LogP) is 2.13. The van der Waals surface area contributed by atoms with Crippen LogP contribution in [0.1, 0.15) is 66.6 Å². The normalized spacial score (nSPS) is 17.9. The van der Waals surface area contributed by atoms with Crippen molar-refractivity contribution in [2.24, 2.45) is 17.6 Å². The maximum Gasteiger partial charge on any atom is 0.306 e. The Morgan fingerprint density at radius 2 is 1.49 bits per heavy atom. The molecule has 7 atom stereocenters. The number of amides is 1. The van der Waals surface area contributed by atoms with Crippen molar-refractivity contribution >= 4 is 87.8 Å². The molecule has 1 aliphatic rings. The molecule has 0 radical (unpaired) electrons. The Hall–Kier alpha value is -1.76. The van der Waals surface area contributed by atoms with Crippen LogP contribution in [-0.4, -0.2) is 120 Å². The zero-order chi connectivity index (χ0) is 38.2. The highest BCUT2D eigenvalue weighted by Gasteiger charge is 2.34. The van der Waals surface area contributed by atoms with Crippen LogP contribution in [0.15, 0.2) is 0 Å². The molecule has 0 spiro atoms. The lowest BCUT2D eigenvalue weighted by atomic mass is 9.99. The van der Waals surface area contributed by atoms with E-state index in [0.29, 0.717) is 17.9 Å². The van der Waals surface area contributed by atoms with Gasteiger partial charge < -0.3 is 30.0 Å². The number of ketones is 4. The third kappa shape index (κ3) is 21.3. The number of hydrogen-bond donors (Lipinski definition) is 2. The monoisotopic (exact) mass is 770 g/mol. The highest BCUT2D eigenvalue weighted by Crippen LogP contribution is 2.42. The first-order chi connectivity index (χ1) is 24.3. The molecule has 0 bridgehead atoms. The standard InChI is InChI=1S/C32H52N2O11P2S2/c1-3-22(26(38)18-47-31(41)15-33)19-48-27-6-7-28(27)49-20-23(32(42)34-16-25(37)17-46)14-24(36)5-9-30(40)45-13-11-43-10-12-44-29(39)8-4-21(2)35/h22-23,27-28,47H,3-20,33,46H2,1-2H3,(H,34,42)/i17T/hT. The SMILES string of the molecule is [3H]NCC(=O)PCC(=O)C(CC)CSC1CCC1SCC(CC(=O)CCC(=O)OCCOCCOC(=O)CCC(C)=O)C(=O)NCC(=O)C([3H])P. The maximum atomic E-state index is 13.0. The molecule has 0 heterocycles. The van der Waals surface area contributed by atoms with E-state index in [1.807, 2.05) is 6.92 Å². The largest absolute Gasteiger partial charge is 0.463 e. The third-order valence-corrected chi connectivity index (χ3v) is 12.3. The lowest BCUT2D eigenvalue weighted by molar-refractivity contribution is -0.148. The molecule has 7 unspecified atom stereocenters. The number of nitrogens with two attached hydrogens (primary N) is 1. The molecule has 1 rings (SSSR count). The van der Waals surface area contributed by atoms with Gasteiger partial charge in [-0.1, -0.05) is 6.92 Å². The minimum absolute atomic E-state index is 0.000491. The fourth-order valence-corrected chi connectivity index (χ4v) is 8.64. The number of hydrogen-bond acceptors (Lipinski definition) is 14. The van der Waals surface area contributed by atoms with E-state index >= 15 is 0 Å². The van der Waals surface area contributed by atoms with Crippen molar-refractivity contribution in [1.82, 2.24) is 5.32 Å². The molecule has 1 aliphatic carbocycles. The minimum Gasteiger partial charge on any atom is -0.463 e. The van der Waals surface area contributed by atoms with E-state index in [1.165, 1.54) is 6.92 Å². The van der Waals surface area contributed by atoms with Crippen molar-refractivity contribution in [1.29, 1.82) is 0 Å². The van der Waals surface area contributed by atoms with Gasteiger partial charge >= 0.3 is 11.9 Å². The molecule has 49 heavy (non-hydrogen) atoms. The first kappa shape index (κ1) is 41.7. The fourth-order valence-electron chi connectivity index (χ4n) is 4.31. The molecular weight excluding hydrogens is 714 g/mol. The summed E-state index contributed by atoms with van der Waals surface area (Å²) in [7, 11) is 1.91. The van der Waals surface area contributed by atoms with Gasteiger partial charge in [-0.3, -0.25) is 33.6 Å². The van der Waals surface area contributed by atoms with Gasteiger partial charge in [0.25, 0.3) is 0 Å².